The zero-order valence-corrected chi connectivity index (χ0v) is 12.0. The second-order valence-corrected chi connectivity index (χ2v) is 5.19. The molecule has 0 atom stereocenters. The zero-order valence-electron chi connectivity index (χ0n) is 12.0. The highest BCUT2D eigenvalue weighted by Gasteiger charge is 2.30. The Hall–Kier alpha value is -3.09. The number of rotatable bonds is 2. The lowest BCUT2D eigenvalue weighted by molar-refractivity contribution is -0.137. The molecular formula is C17H10F3NO3. The summed E-state index contributed by atoms with van der Waals surface area (Å²) in [6.45, 7) is 0. The molecule has 2 aromatic carbocycles. The number of alkyl halides is 3. The molecule has 0 aliphatic rings. The third kappa shape index (κ3) is 2.88. The Balaban J connectivity index is 2.12. The molecular weight excluding hydrogens is 323 g/mol. The maximum Gasteiger partial charge on any atom is 0.416 e. The van der Waals surface area contributed by atoms with Crippen molar-refractivity contribution in [3.63, 3.8) is 0 Å². The number of carboxylic acids is 1. The van der Waals surface area contributed by atoms with Gasteiger partial charge in [-0.3, -0.25) is 4.79 Å². The highest BCUT2D eigenvalue weighted by molar-refractivity contribution is 5.95. The van der Waals surface area contributed by atoms with Crippen LogP contribution in [0.3, 0.4) is 0 Å². The highest BCUT2D eigenvalue weighted by atomic mass is 19.4. The summed E-state index contributed by atoms with van der Waals surface area (Å²) in [7, 11) is 0. The van der Waals surface area contributed by atoms with E-state index in [4.69, 9.17) is 5.11 Å². The number of H-pyrrole nitrogens is 1. The molecule has 1 aromatic heterocycles. The second-order valence-electron chi connectivity index (χ2n) is 5.19. The lowest BCUT2D eigenvalue weighted by atomic mass is 10.0. The van der Waals surface area contributed by atoms with E-state index in [0.29, 0.717) is 22.0 Å². The molecule has 0 saturated carbocycles. The predicted octanol–water partition coefficient (Wildman–Crippen LogP) is 3.91. The third-order valence-electron chi connectivity index (χ3n) is 3.61. The molecule has 0 aliphatic heterocycles. The summed E-state index contributed by atoms with van der Waals surface area (Å²) in [5.74, 6) is -1.13. The van der Waals surface area contributed by atoms with Crippen molar-refractivity contribution < 1.29 is 23.1 Å². The van der Waals surface area contributed by atoms with Gasteiger partial charge in [-0.25, -0.2) is 4.79 Å². The number of aromatic nitrogens is 1. The monoisotopic (exact) mass is 333 g/mol. The fourth-order valence-corrected chi connectivity index (χ4v) is 2.40. The topological polar surface area (TPSA) is 70.2 Å². The van der Waals surface area contributed by atoms with Crippen LogP contribution in [0.1, 0.15) is 15.9 Å². The van der Waals surface area contributed by atoms with Gasteiger partial charge >= 0.3 is 12.1 Å². The molecule has 0 spiro atoms. The van der Waals surface area contributed by atoms with Crippen LogP contribution in [0.25, 0.3) is 22.0 Å². The van der Waals surface area contributed by atoms with Crippen molar-refractivity contribution in [3.8, 4) is 11.3 Å². The van der Waals surface area contributed by atoms with Gasteiger partial charge in [0.05, 0.1) is 11.1 Å². The van der Waals surface area contributed by atoms with Crippen LogP contribution in [0, 0.1) is 0 Å². The van der Waals surface area contributed by atoms with Crippen LogP contribution >= 0.6 is 0 Å². The van der Waals surface area contributed by atoms with Crippen molar-refractivity contribution in [1.82, 2.24) is 4.98 Å². The Morgan fingerprint density at radius 2 is 1.67 bits per heavy atom. The average molecular weight is 333 g/mol. The number of aromatic carboxylic acids is 1. The Kier molecular flexibility index (Phi) is 3.63. The van der Waals surface area contributed by atoms with Crippen molar-refractivity contribution in [1.29, 1.82) is 0 Å². The fraction of sp³-hybridized carbons (Fsp3) is 0.0588. The van der Waals surface area contributed by atoms with Crippen LogP contribution in [-0.4, -0.2) is 16.1 Å². The van der Waals surface area contributed by atoms with Crippen LogP contribution in [-0.2, 0) is 6.18 Å². The summed E-state index contributed by atoms with van der Waals surface area (Å²) in [6.07, 6.45) is -4.44. The average Bonchev–Trinajstić information content (AvgIpc) is 2.53. The molecule has 1 heterocycles. The van der Waals surface area contributed by atoms with E-state index in [9.17, 15) is 22.8 Å². The van der Waals surface area contributed by atoms with Crippen LogP contribution in [0.15, 0.2) is 53.3 Å². The molecule has 0 saturated heterocycles. The van der Waals surface area contributed by atoms with Gasteiger partial charge in [0.1, 0.15) is 0 Å². The molecule has 4 nitrogen and oxygen atoms in total. The van der Waals surface area contributed by atoms with Crippen LogP contribution in [0.2, 0.25) is 0 Å². The van der Waals surface area contributed by atoms with Crippen LogP contribution < -0.4 is 5.56 Å². The Morgan fingerprint density at radius 1 is 1.00 bits per heavy atom. The first-order valence-electron chi connectivity index (χ1n) is 6.84. The van der Waals surface area contributed by atoms with Gasteiger partial charge in [-0.05, 0) is 47.3 Å². The molecule has 0 fully saturated rings. The lowest BCUT2D eigenvalue weighted by Gasteiger charge is -2.08. The van der Waals surface area contributed by atoms with E-state index in [-0.39, 0.29) is 5.56 Å². The van der Waals surface area contributed by atoms with E-state index in [1.165, 1.54) is 36.4 Å². The fourth-order valence-electron chi connectivity index (χ4n) is 2.40. The van der Waals surface area contributed by atoms with Crippen LogP contribution in [0.5, 0.6) is 0 Å². The summed E-state index contributed by atoms with van der Waals surface area (Å²) in [5, 5.41) is 9.71. The zero-order chi connectivity index (χ0) is 17.5. The normalized spacial score (nSPS) is 11.6. The number of hydrogen-bond acceptors (Lipinski definition) is 2. The summed E-state index contributed by atoms with van der Waals surface area (Å²) >= 11 is 0. The molecule has 0 aliphatic carbocycles. The number of fused-ring (bicyclic) bond motifs is 1. The first kappa shape index (κ1) is 15.8. The van der Waals surface area contributed by atoms with Gasteiger partial charge in [-0.2, -0.15) is 13.2 Å². The molecule has 7 heteroatoms. The first-order valence-corrected chi connectivity index (χ1v) is 6.84. The number of carboxylic acid groups (broad SMARTS) is 1. The summed E-state index contributed by atoms with van der Waals surface area (Å²) in [6, 6.07) is 9.94. The minimum atomic E-state index is -4.44. The Bertz CT molecular complexity index is 989. The van der Waals surface area contributed by atoms with E-state index in [2.05, 4.69) is 4.98 Å². The highest BCUT2D eigenvalue weighted by Crippen LogP contribution is 2.30. The lowest BCUT2D eigenvalue weighted by Crippen LogP contribution is -2.08. The van der Waals surface area contributed by atoms with Crippen molar-refractivity contribution in [2.24, 2.45) is 0 Å². The minimum absolute atomic E-state index is 0.0199. The van der Waals surface area contributed by atoms with E-state index in [0.717, 1.165) is 12.1 Å². The van der Waals surface area contributed by atoms with Crippen molar-refractivity contribution in [2.45, 2.75) is 6.18 Å². The smallest absolute Gasteiger partial charge is 0.416 e. The van der Waals surface area contributed by atoms with Crippen molar-refractivity contribution in [2.75, 3.05) is 0 Å². The van der Waals surface area contributed by atoms with Gasteiger partial charge in [-0.15, -0.1) is 0 Å². The van der Waals surface area contributed by atoms with Crippen molar-refractivity contribution in [3.05, 3.63) is 70.0 Å². The molecule has 0 radical (unpaired) electrons. The Labute approximate surface area is 133 Å². The van der Waals surface area contributed by atoms with Crippen molar-refractivity contribution >= 4 is 16.7 Å². The van der Waals surface area contributed by atoms with Gasteiger partial charge < -0.3 is 10.1 Å². The van der Waals surface area contributed by atoms with Gasteiger partial charge in [0.25, 0.3) is 5.56 Å². The molecule has 122 valence electrons. The minimum Gasteiger partial charge on any atom is -0.478 e. The van der Waals surface area contributed by atoms with E-state index < -0.39 is 23.3 Å². The molecule has 3 aromatic rings. The maximum atomic E-state index is 12.6. The Morgan fingerprint density at radius 3 is 2.25 bits per heavy atom. The quantitative estimate of drug-likeness (QED) is 0.747. The number of aromatic amines is 1. The molecule has 0 unspecified atom stereocenters. The molecule has 0 amide bonds. The largest absolute Gasteiger partial charge is 0.478 e. The van der Waals surface area contributed by atoms with Gasteiger partial charge in [0.2, 0.25) is 0 Å². The molecule has 3 rings (SSSR count). The van der Waals surface area contributed by atoms with Gasteiger partial charge in [0.15, 0.2) is 0 Å². The standard InChI is InChI=1S/C17H10F3NO3/c18-17(19,20)12-4-1-9(2-5-12)14-8-11-7-10(16(23)24)3-6-13(11)15(22)21-14/h1-8H,(H,21,22)(H,23,24). The SMILES string of the molecule is O=C(O)c1ccc2c(=O)[nH]c(-c3ccc(C(F)(F)F)cc3)cc2c1. The van der Waals surface area contributed by atoms with Crippen LogP contribution in [0.4, 0.5) is 13.2 Å². The predicted molar refractivity (Wildman–Crippen MR) is 82.0 cm³/mol. The molecule has 2 N–H and O–H groups in total. The number of carbonyl (C=O) groups is 1. The second kappa shape index (κ2) is 5.52. The van der Waals surface area contributed by atoms with Gasteiger partial charge in [0, 0.05) is 11.1 Å². The molecule has 0 bridgehead atoms. The maximum absolute atomic E-state index is 12.6. The number of pyridine rings is 1. The third-order valence-corrected chi connectivity index (χ3v) is 3.61. The first-order chi connectivity index (χ1) is 11.3. The van der Waals surface area contributed by atoms with E-state index >= 15 is 0 Å². The summed E-state index contributed by atoms with van der Waals surface area (Å²) < 4.78 is 37.8. The molecule has 24 heavy (non-hydrogen) atoms. The van der Waals surface area contributed by atoms with Gasteiger partial charge in [-0.1, -0.05) is 12.1 Å². The number of benzene rings is 2. The summed E-state index contributed by atoms with van der Waals surface area (Å²) in [5.41, 5.74) is -0.514. The van der Waals surface area contributed by atoms with E-state index in [1.54, 1.807) is 0 Å². The number of nitrogens with one attached hydrogen (secondary N) is 1. The summed E-state index contributed by atoms with van der Waals surface area (Å²) in [4.78, 5) is 25.7. The number of hydrogen-bond donors (Lipinski definition) is 2. The van der Waals surface area contributed by atoms with E-state index in [1.807, 2.05) is 0 Å². The number of halogens is 3.